The van der Waals surface area contributed by atoms with Crippen molar-refractivity contribution in [2.24, 2.45) is 11.7 Å². The zero-order chi connectivity index (χ0) is 22.4. The Morgan fingerprint density at radius 1 is 1.09 bits per heavy atom. The molecule has 5 heteroatoms. The van der Waals surface area contributed by atoms with Crippen LogP contribution in [-0.4, -0.2) is 39.5 Å². The maximum absolute atomic E-state index is 6.49. The van der Waals surface area contributed by atoms with E-state index in [2.05, 4.69) is 69.2 Å². The molecule has 1 aliphatic heterocycles. The average molecular weight is 438 g/mol. The Hall–Kier alpha value is -3.02. The number of hydrogen-bond donors (Lipinski definition) is 2. The topological polar surface area (TPSA) is 70.8 Å². The van der Waals surface area contributed by atoms with Crippen molar-refractivity contribution in [2.45, 2.75) is 38.1 Å². The van der Waals surface area contributed by atoms with E-state index in [-0.39, 0.29) is 5.41 Å². The van der Waals surface area contributed by atoms with Crippen LogP contribution < -0.4 is 5.73 Å². The van der Waals surface area contributed by atoms with Gasteiger partial charge in [0.1, 0.15) is 12.0 Å². The zero-order valence-electron chi connectivity index (χ0n) is 19.2. The molecule has 2 aromatic heterocycles. The summed E-state index contributed by atoms with van der Waals surface area (Å²) in [4.78, 5) is 14.7. The number of nitrogens with one attached hydrogen (secondary N) is 1. The average Bonchev–Trinajstić information content (AvgIpc) is 3.57. The molecule has 3 heterocycles. The van der Waals surface area contributed by atoms with Gasteiger partial charge in [0.25, 0.3) is 0 Å². The molecule has 0 radical (unpaired) electrons. The first-order valence-corrected chi connectivity index (χ1v) is 12.1. The molecule has 168 valence electrons. The molecule has 0 saturated carbocycles. The number of aromatic nitrogens is 3. The third-order valence-corrected chi connectivity index (χ3v) is 7.74. The monoisotopic (exact) mass is 437 g/mol. The highest BCUT2D eigenvalue weighted by Crippen LogP contribution is 2.41. The predicted octanol–water partition coefficient (Wildman–Crippen LogP) is 4.46. The lowest BCUT2D eigenvalue weighted by atomic mass is 9.77. The fourth-order valence-corrected chi connectivity index (χ4v) is 5.90. The van der Waals surface area contributed by atoms with Crippen molar-refractivity contribution in [2.75, 3.05) is 19.6 Å². The third kappa shape index (κ3) is 3.65. The number of H-pyrrole nitrogens is 1. The second kappa shape index (κ2) is 8.08. The van der Waals surface area contributed by atoms with Crippen LogP contribution in [0.1, 0.15) is 35.6 Å². The molecular formula is C28H31N5. The SMILES string of the molecule is C[C@H]1CCN(Cc2ccc3c(c2)CC(CN)(c2cccc(-c4ncnc5[nH]ccc45)c2)C3)C1. The normalized spacial score (nSPS) is 22.8. The standard InChI is InChI=1S/C28H31N5/c1-19-8-10-33(15-19)16-20-5-6-22-13-28(17-29,14-23(22)11-20)24-4-2-3-21(12-24)26-25-7-9-30-27(25)32-18-31-26/h2-7,9,11-12,18-19H,8,10,13-17,29H2,1H3,(H,30,31,32)/t19-,28?/m0/s1. The van der Waals surface area contributed by atoms with E-state index in [1.165, 1.54) is 41.8 Å². The quantitative estimate of drug-likeness (QED) is 0.484. The first-order valence-electron chi connectivity index (χ1n) is 12.1. The molecule has 4 aromatic rings. The minimum absolute atomic E-state index is 0.0661. The lowest BCUT2D eigenvalue weighted by Crippen LogP contribution is -2.36. The van der Waals surface area contributed by atoms with Crippen molar-refractivity contribution in [1.29, 1.82) is 0 Å². The summed E-state index contributed by atoms with van der Waals surface area (Å²) in [6.45, 7) is 6.48. The van der Waals surface area contributed by atoms with Crippen molar-refractivity contribution in [1.82, 2.24) is 19.9 Å². The van der Waals surface area contributed by atoms with Gasteiger partial charge in [-0.1, -0.05) is 43.3 Å². The van der Waals surface area contributed by atoms with Gasteiger partial charge in [0.15, 0.2) is 0 Å². The first kappa shape index (κ1) is 20.6. The van der Waals surface area contributed by atoms with Crippen LogP contribution in [-0.2, 0) is 24.8 Å². The van der Waals surface area contributed by atoms with Gasteiger partial charge in [-0.2, -0.15) is 0 Å². The summed E-state index contributed by atoms with van der Waals surface area (Å²) in [6.07, 6.45) is 6.86. The predicted molar refractivity (Wildman–Crippen MR) is 133 cm³/mol. The number of likely N-dealkylation sites (tertiary alicyclic amines) is 1. The highest BCUT2D eigenvalue weighted by Gasteiger charge is 2.38. The Bertz CT molecular complexity index is 1310. The summed E-state index contributed by atoms with van der Waals surface area (Å²) in [6, 6.07) is 18.0. The molecule has 0 amide bonds. The fourth-order valence-electron chi connectivity index (χ4n) is 5.90. The molecule has 0 bridgehead atoms. The van der Waals surface area contributed by atoms with Gasteiger partial charge in [0.2, 0.25) is 0 Å². The summed E-state index contributed by atoms with van der Waals surface area (Å²) in [5, 5.41) is 1.05. The molecule has 33 heavy (non-hydrogen) atoms. The maximum atomic E-state index is 6.49. The van der Waals surface area contributed by atoms with Crippen molar-refractivity contribution < 1.29 is 0 Å². The highest BCUT2D eigenvalue weighted by atomic mass is 15.1. The molecule has 1 fully saturated rings. The fraction of sp³-hybridized carbons (Fsp3) is 0.357. The number of aromatic amines is 1. The molecule has 2 atom stereocenters. The van der Waals surface area contributed by atoms with E-state index in [4.69, 9.17) is 5.73 Å². The largest absolute Gasteiger partial charge is 0.346 e. The minimum atomic E-state index is -0.0661. The summed E-state index contributed by atoms with van der Waals surface area (Å²) < 4.78 is 0. The van der Waals surface area contributed by atoms with Gasteiger partial charge in [-0.25, -0.2) is 9.97 Å². The summed E-state index contributed by atoms with van der Waals surface area (Å²) in [7, 11) is 0. The third-order valence-electron chi connectivity index (χ3n) is 7.74. The zero-order valence-corrected chi connectivity index (χ0v) is 19.2. The van der Waals surface area contributed by atoms with E-state index in [9.17, 15) is 0 Å². The molecule has 3 N–H and O–H groups in total. The number of fused-ring (bicyclic) bond motifs is 2. The van der Waals surface area contributed by atoms with Gasteiger partial charge < -0.3 is 10.7 Å². The van der Waals surface area contributed by atoms with E-state index in [1.54, 1.807) is 6.33 Å². The van der Waals surface area contributed by atoms with Gasteiger partial charge >= 0.3 is 0 Å². The molecule has 1 unspecified atom stereocenters. The van der Waals surface area contributed by atoms with Gasteiger partial charge in [-0.05, 0) is 66.1 Å². The van der Waals surface area contributed by atoms with E-state index >= 15 is 0 Å². The Balaban J connectivity index is 1.31. The molecular weight excluding hydrogens is 406 g/mol. The Morgan fingerprint density at radius 2 is 2.00 bits per heavy atom. The van der Waals surface area contributed by atoms with Gasteiger partial charge in [-0.3, -0.25) is 4.90 Å². The maximum Gasteiger partial charge on any atom is 0.141 e. The molecule has 2 aromatic carbocycles. The van der Waals surface area contributed by atoms with E-state index < -0.39 is 0 Å². The smallest absolute Gasteiger partial charge is 0.141 e. The van der Waals surface area contributed by atoms with Crippen LogP contribution in [0.4, 0.5) is 0 Å². The second-order valence-electron chi connectivity index (χ2n) is 10.1. The molecule has 6 rings (SSSR count). The number of benzene rings is 2. The summed E-state index contributed by atoms with van der Waals surface area (Å²) in [5.41, 5.74) is 15.0. The van der Waals surface area contributed by atoms with Crippen LogP contribution in [0.5, 0.6) is 0 Å². The van der Waals surface area contributed by atoms with E-state index in [0.717, 1.165) is 47.6 Å². The van der Waals surface area contributed by atoms with Crippen LogP contribution in [0.25, 0.3) is 22.3 Å². The van der Waals surface area contributed by atoms with Crippen LogP contribution in [0.2, 0.25) is 0 Å². The van der Waals surface area contributed by atoms with Crippen molar-refractivity contribution in [3.63, 3.8) is 0 Å². The molecule has 2 aliphatic rings. The molecule has 1 aliphatic carbocycles. The van der Waals surface area contributed by atoms with Crippen molar-refractivity contribution in [3.8, 4) is 11.3 Å². The van der Waals surface area contributed by atoms with Crippen LogP contribution >= 0.6 is 0 Å². The Kier molecular flexibility index (Phi) is 5.04. The summed E-state index contributed by atoms with van der Waals surface area (Å²) in [5.74, 6) is 0.819. The number of nitrogens with two attached hydrogens (primary N) is 1. The van der Waals surface area contributed by atoms with Gasteiger partial charge in [0, 0.05) is 42.2 Å². The van der Waals surface area contributed by atoms with Crippen molar-refractivity contribution >= 4 is 11.0 Å². The Morgan fingerprint density at radius 3 is 2.85 bits per heavy atom. The van der Waals surface area contributed by atoms with Gasteiger partial charge in [-0.15, -0.1) is 0 Å². The molecule has 1 saturated heterocycles. The second-order valence-corrected chi connectivity index (χ2v) is 10.1. The number of nitrogens with zero attached hydrogens (tertiary/aromatic N) is 3. The number of hydrogen-bond acceptors (Lipinski definition) is 4. The Labute approximate surface area is 195 Å². The van der Waals surface area contributed by atoms with Gasteiger partial charge in [0.05, 0.1) is 5.69 Å². The first-order chi connectivity index (χ1) is 16.1. The minimum Gasteiger partial charge on any atom is -0.346 e. The molecule has 0 spiro atoms. The van der Waals surface area contributed by atoms with E-state index in [1.807, 2.05) is 12.3 Å². The molecule has 5 nitrogen and oxygen atoms in total. The van der Waals surface area contributed by atoms with E-state index in [0.29, 0.717) is 6.54 Å². The number of rotatable bonds is 5. The lowest BCUT2D eigenvalue weighted by molar-refractivity contribution is 0.320. The van der Waals surface area contributed by atoms with Crippen LogP contribution in [0, 0.1) is 5.92 Å². The van der Waals surface area contributed by atoms with Crippen LogP contribution in [0.15, 0.2) is 61.1 Å². The van der Waals surface area contributed by atoms with Crippen molar-refractivity contribution in [3.05, 3.63) is 83.3 Å². The van der Waals surface area contributed by atoms with Crippen LogP contribution in [0.3, 0.4) is 0 Å². The highest BCUT2D eigenvalue weighted by molar-refractivity contribution is 5.90. The lowest BCUT2D eigenvalue weighted by Gasteiger charge is -2.28. The summed E-state index contributed by atoms with van der Waals surface area (Å²) >= 11 is 0.